The summed E-state index contributed by atoms with van der Waals surface area (Å²) in [5, 5.41) is 4.75. The summed E-state index contributed by atoms with van der Waals surface area (Å²) >= 11 is 6.14. The molecule has 106 valence electrons. The molecule has 0 atom stereocenters. The highest BCUT2D eigenvalue weighted by molar-refractivity contribution is 6.32. The van der Waals surface area contributed by atoms with Gasteiger partial charge in [-0.05, 0) is 29.8 Å². The summed E-state index contributed by atoms with van der Waals surface area (Å²) in [6.45, 7) is 0.476. The van der Waals surface area contributed by atoms with Crippen molar-refractivity contribution in [3.05, 3.63) is 57.6 Å². The van der Waals surface area contributed by atoms with Crippen molar-refractivity contribution in [2.24, 2.45) is 0 Å². The van der Waals surface area contributed by atoms with Crippen molar-refractivity contribution in [3.8, 4) is 11.5 Å². The average Bonchev–Trinajstić information content (AvgIpc) is 3.06. The third-order valence-electron chi connectivity index (χ3n) is 3.31. The Balaban J connectivity index is 1.77. The number of aromatic nitrogens is 3. The zero-order valence-corrected chi connectivity index (χ0v) is 11.6. The van der Waals surface area contributed by atoms with Gasteiger partial charge in [-0.3, -0.25) is 4.40 Å². The summed E-state index contributed by atoms with van der Waals surface area (Å²) in [4.78, 5) is 12.2. The van der Waals surface area contributed by atoms with Crippen molar-refractivity contribution >= 4 is 17.2 Å². The summed E-state index contributed by atoms with van der Waals surface area (Å²) in [5.74, 6) is 1.14. The molecule has 0 N–H and O–H groups in total. The van der Waals surface area contributed by atoms with Crippen molar-refractivity contribution < 1.29 is 9.47 Å². The van der Waals surface area contributed by atoms with Gasteiger partial charge < -0.3 is 9.47 Å². The first-order valence-corrected chi connectivity index (χ1v) is 6.72. The van der Waals surface area contributed by atoms with Gasteiger partial charge in [0.25, 0.3) is 0 Å². The molecule has 3 aromatic rings. The number of pyridine rings is 1. The molecule has 0 aliphatic carbocycles. The quantitative estimate of drug-likeness (QED) is 0.726. The van der Waals surface area contributed by atoms with Crippen molar-refractivity contribution in [1.82, 2.24) is 14.2 Å². The number of hydrogen-bond acceptors (Lipinski definition) is 4. The van der Waals surface area contributed by atoms with Crippen LogP contribution < -0.4 is 15.2 Å². The summed E-state index contributed by atoms with van der Waals surface area (Å²) in [7, 11) is 0. The van der Waals surface area contributed by atoms with Crippen molar-refractivity contribution in [1.29, 1.82) is 0 Å². The van der Waals surface area contributed by atoms with Crippen LogP contribution in [0.5, 0.6) is 11.5 Å². The number of rotatable bonds is 2. The maximum absolute atomic E-state index is 12.2. The number of nitrogens with zero attached hydrogens (tertiary/aromatic N) is 3. The zero-order valence-electron chi connectivity index (χ0n) is 10.8. The molecule has 4 rings (SSSR count). The molecule has 21 heavy (non-hydrogen) atoms. The van der Waals surface area contributed by atoms with E-state index in [0.29, 0.717) is 28.7 Å². The van der Waals surface area contributed by atoms with Crippen molar-refractivity contribution in [3.63, 3.8) is 0 Å². The van der Waals surface area contributed by atoms with Gasteiger partial charge in [-0.15, -0.1) is 5.10 Å². The predicted molar refractivity (Wildman–Crippen MR) is 76.1 cm³/mol. The number of fused-ring (bicyclic) bond motifs is 2. The molecule has 0 bridgehead atoms. The molecule has 1 aliphatic heterocycles. The molecule has 0 spiro atoms. The second kappa shape index (κ2) is 4.53. The molecule has 0 amide bonds. The van der Waals surface area contributed by atoms with Gasteiger partial charge in [0.2, 0.25) is 6.79 Å². The molecule has 1 aliphatic rings. The molecule has 6 nitrogen and oxygen atoms in total. The number of benzene rings is 1. The lowest BCUT2D eigenvalue weighted by molar-refractivity contribution is 0.174. The maximum atomic E-state index is 12.2. The first-order valence-electron chi connectivity index (χ1n) is 6.34. The van der Waals surface area contributed by atoms with Crippen LogP contribution in [0.3, 0.4) is 0 Å². The van der Waals surface area contributed by atoms with Gasteiger partial charge in [-0.2, -0.15) is 0 Å². The second-order valence-corrected chi connectivity index (χ2v) is 5.09. The van der Waals surface area contributed by atoms with E-state index in [4.69, 9.17) is 21.1 Å². The van der Waals surface area contributed by atoms with E-state index in [0.717, 1.165) is 5.56 Å². The van der Waals surface area contributed by atoms with E-state index in [1.165, 1.54) is 9.08 Å². The Morgan fingerprint density at radius 1 is 1.29 bits per heavy atom. The normalized spacial score (nSPS) is 13.0. The van der Waals surface area contributed by atoms with Crippen LogP contribution in [0, 0.1) is 0 Å². The lowest BCUT2D eigenvalue weighted by Gasteiger charge is -2.04. The fourth-order valence-electron chi connectivity index (χ4n) is 2.36. The largest absolute Gasteiger partial charge is 0.454 e. The molecule has 7 heteroatoms. The van der Waals surface area contributed by atoms with E-state index < -0.39 is 0 Å². The van der Waals surface area contributed by atoms with Gasteiger partial charge in [0.15, 0.2) is 17.1 Å². The predicted octanol–water partition coefficient (Wildman–Crippen LogP) is 1.93. The van der Waals surface area contributed by atoms with Crippen LogP contribution in [-0.4, -0.2) is 21.0 Å². The van der Waals surface area contributed by atoms with Gasteiger partial charge >= 0.3 is 5.69 Å². The van der Waals surface area contributed by atoms with Gasteiger partial charge in [0.1, 0.15) is 0 Å². The Labute approximate surface area is 124 Å². The van der Waals surface area contributed by atoms with Crippen LogP contribution >= 0.6 is 11.6 Å². The third-order valence-corrected chi connectivity index (χ3v) is 3.59. The fourth-order valence-corrected chi connectivity index (χ4v) is 2.64. The summed E-state index contributed by atoms with van der Waals surface area (Å²) in [6.07, 6.45) is 1.69. The van der Waals surface area contributed by atoms with Gasteiger partial charge in [0.05, 0.1) is 11.6 Å². The Morgan fingerprint density at radius 2 is 2.19 bits per heavy atom. The van der Waals surface area contributed by atoms with Gasteiger partial charge in [0, 0.05) is 6.20 Å². The molecular formula is C14H10ClN3O3. The van der Waals surface area contributed by atoms with E-state index in [2.05, 4.69) is 5.10 Å². The smallest absolute Gasteiger partial charge is 0.350 e. The molecule has 1 aromatic carbocycles. The van der Waals surface area contributed by atoms with E-state index >= 15 is 0 Å². The Kier molecular flexibility index (Phi) is 2.65. The molecule has 0 unspecified atom stereocenters. The number of hydrogen-bond donors (Lipinski definition) is 0. The molecule has 0 saturated heterocycles. The lowest BCUT2D eigenvalue weighted by Crippen LogP contribution is -2.21. The maximum Gasteiger partial charge on any atom is 0.350 e. The van der Waals surface area contributed by atoms with E-state index in [9.17, 15) is 4.79 Å². The van der Waals surface area contributed by atoms with Crippen molar-refractivity contribution in [2.45, 2.75) is 6.54 Å². The monoisotopic (exact) mass is 303 g/mol. The molecule has 0 saturated carbocycles. The fraction of sp³-hybridized carbons (Fsp3) is 0.143. The molecule has 0 fully saturated rings. The second-order valence-electron chi connectivity index (χ2n) is 4.68. The lowest BCUT2D eigenvalue weighted by atomic mass is 10.2. The first kappa shape index (κ1) is 12.3. The van der Waals surface area contributed by atoms with Crippen LogP contribution in [-0.2, 0) is 6.54 Å². The Morgan fingerprint density at radius 3 is 3.05 bits per heavy atom. The van der Waals surface area contributed by atoms with Crippen LogP contribution in [0.25, 0.3) is 5.65 Å². The third kappa shape index (κ3) is 1.95. The van der Waals surface area contributed by atoms with E-state index in [1.807, 2.05) is 12.1 Å². The summed E-state index contributed by atoms with van der Waals surface area (Å²) in [5.41, 5.74) is 1.24. The van der Waals surface area contributed by atoms with Crippen LogP contribution in [0.4, 0.5) is 0 Å². The minimum atomic E-state index is -0.195. The van der Waals surface area contributed by atoms with Gasteiger partial charge in [-0.25, -0.2) is 9.48 Å². The van der Waals surface area contributed by atoms with Crippen LogP contribution in [0.2, 0.25) is 5.02 Å². The van der Waals surface area contributed by atoms with E-state index in [-0.39, 0.29) is 12.5 Å². The van der Waals surface area contributed by atoms with E-state index in [1.54, 1.807) is 24.4 Å². The SMILES string of the molecule is O=c1n(Cc2cc(Cl)c3c(c2)OCO3)nc2ccccn12. The average molecular weight is 304 g/mol. The first-order chi connectivity index (χ1) is 10.2. The zero-order chi connectivity index (χ0) is 14.4. The van der Waals surface area contributed by atoms with Gasteiger partial charge in [-0.1, -0.05) is 17.7 Å². The topological polar surface area (TPSA) is 57.8 Å². The summed E-state index contributed by atoms with van der Waals surface area (Å²) < 4.78 is 13.5. The molecule has 0 radical (unpaired) electrons. The minimum Gasteiger partial charge on any atom is -0.454 e. The Hall–Kier alpha value is -2.47. The molecule has 3 heterocycles. The minimum absolute atomic E-state index is 0.160. The molecule has 2 aromatic heterocycles. The number of halogens is 1. The standard InChI is InChI=1S/C14H10ClN3O3/c15-10-5-9(6-11-13(10)21-8-20-11)7-18-14(19)17-4-2-1-3-12(17)16-18/h1-6H,7-8H2. The Bertz CT molecular complexity index is 900. The van der Waals surface area contributed by atoms with Crippen molar-refractivity contribution in [2.75, 3.05) is 6.79 Å². The number of ether oxygens (including phenoxy) is 2. The molecular weight excluding hydrogens is 294 g/mol. The summed E-state index contributed by atoms with van der Waals surface area (Å²) in [6, 6.07) is 8.97. The van der Waals surface area contributed by atoms with Crippen LogP contribution in [0.15, 0.2) is 41.3 Å². The highest BCUT2D eigenvalue weighted by Crippen LogP contribution is 2.39. The highest BCUT2D eigenvalue weighted by atomic mass is 35.5. The highest BCUT2D eigenvalue weighted by Gasteiger charge is 2.19. The van der Waals surface area contributed by atoms with Crippen LogP contribution in [0.1, 0.15) is 5.56 Å².